The van der Waals surface area contributed by atoms with Crippen molar-refractivity contribution in [3.63, 3.8) is 0 Å². The van der Waals surface area contributed by atoms with Gasteiger partial charge in [-0.15, -0.1) is 0 Å². The van der Waals surface area contributed by atoms with Gasteiger partial charge in [-0.1, -0.05) is 6.07 Å². The molecule has 5 rings (SSSR count). The number of ether oxygens (including phenoxy) is 1. The van der Waals surface area contributed by atoms with Crippen LogP contribution in [0.2, 0.25) is 0 Å². The van der Waals surface area contributed by atoms with Crippen molar-refractivity contribution in [2.45, 2.75) is 12.3 Å². The molecular weight excluding hydrogens is 418 g/mol. The average Bonchev–Trinajstić information content (AvgIpc) is 2.77. The average molecular weight is 433 g/mol. The molecule has 1 atom stereocenters. The summed E-state index contributed by atoms with van der Waals surface area (Å²) in [6.07, 6.45) is 3.09. The molecule has 160 valence electrons. The summed E-state index contributed by atoms with van der Waals surface area (Å²) in [6.45, 7) is 0. The Bertz CT molecular complexity index is 1460. The highest BCUT2D eigenvalue weighted by Crippen LogP contribution is 2.47. The second-order valence-electron chi connectivity index (χ2n) is 7.34. The van der Waals surface area contributed by atoms with Crippen molar-refractivity contribution in [2.24, 2.45) is 0 Å². The first-order chi connectivity index (χ1) is 15.3. The topological polar surface area (TPSA) is 150 Å². The number of benzene rings is 2. The molecule has 32 heavy (non-hydrogen) atoms. The van der Waals surface area contributed by atoms with Crippen LogP contribution in [0.15, 0.2) is 58.0 Å². The number of hydrogen-bond acceptors (Lipinski definition) is 9. The molecule has 4 N–H and O–H groups in total. The van der Waals surface area contributed by atoms with E-state index in [1.54, 1.807) is 24.5 Å². The Labute approximate surface area is 179 Å². The molecule has 9 nitrogen and oxygen atoms in total. The second-order valence-corrected chi connectivity index (χ2v) is 7.34. The number of fused-ring (bicyclic) bond motifs is 3. The Morgan fingerprint density at radius 3 is 2.50 bits per heavy atom. The number of phenolic OH excluding ortho intramolecular Hbond substituents is 3. The molecule has 0 radical (unpaired) electrons. The van der Waals surface area contributed by atoms with Gasteiger partial charge in [0.2, 0.25) is 11.2 Å². The highest BCUT2D eigenvalue weighted by Gasteiger charge is 2.34. The van der Waals surface area contributed by atoms with Gasteiger partial charge in [0.1, 0.15) is 22.5 Å². The van der Waals surface area contributed by atoms with E-state index in [0.29, 0.717) is 11.1 Å². The molecule has 2 aromatic heterocycles. The fraction of sp³-hybridized carbons (Fsp3) is 0.0870. The Morgan fingerprint density at radius 1 is 0.969 bits per heavy atom. The predicted molar refractivity (Wildman–Crippen MR) is 111 cm³/mol. The number of rotatable bonds is 2. The van der Waals surface area contributed by atoms with Crippen molar-refractivity contribution < 1.29 is 34.4 Å². The molecule has 9 heteroatoms. The number of carbonyl (C=O) groups is 1. The van der Waals surface area contributed by atoms with Gasteiger partial charge in [0.05, 0.1) is 6.42 Å². The summed E-state index contributed by atoms with van der Waals surface area (Å²) < 4.78 is 11.2. The first-order valence-electron chi connectivity index (χ1n) is 9.53. The zero-order valence-corrected chi connectivity index (χ0v) is 16.3. The van der Waals surface area contributed by atoms with E-state index in [0.717, 1.165) is 12.1 Å². The Kier molecular flexibility index (Phi) is 4.26. The van der Waals surface area contributed by atoms with Gasteiger partial charge >= 0.3 is 5.97 Å². The van der Waals surface area contributed by atoms with Crippen LogP contribution < -0.4 is 10.2 Å². The summed E-state index contributed by atoms with van der Waals surface area (Å²) in [5.74, 6) is -3.57. The Morgan fingerprint density at radius 2 is 1.78 bits per heavy atom. The standard InChI is InChI=1S/C23H15NO8/c25-13-4-3-10(6-14(13)26)22-21(30)20(29)19-15(27)8-16-18(23(19)32-22)12(7-17(28)31-16)11-2-1-5-24-9-11/h1-6,8-9,12,25-27,30H,7H2/t12-/m1/s1. The Hall–Kier alpha value is -4.53. The molecule has 1 aliphatic rings. The number of aromatic nitrogens is 1. The van der Waals surface area contributed by atoms with Crippen LogP contribution in [0.5, 0.6) is 28.7 Å². The molecule has 0 saturated carbocycles. The summed E-state index contributed by atoms with van der Waals surface area (Å²) in [5, 5.41) is 40.1. The lowest BCUT2D eigenvalue weighted by Crippen LogP contribution is -2.22. The van der Waals surface area contributed by atoms with E-state index in [2.05, 4.69) is 4.98 Å². The Balaban J connectivity index is 1.87. The minimum atomic E-state index is -0.907. The number of phenols is 3. The van der Waals surface area contributed by atoms with E-state index in [-0.39, 0.29) is 34.5 Å². The number of hydrogen-bond donors (Lipinski definition) is 4. The van der Waals surface area contributed by atoms with Crippen LogP contribution in [0.1, 0.15) is 23.5 Å². The number of esters is 1. The first kappa shape index (κ1) is 19.4. The molecule has 0 unspecified atom stereocenters. The van der Waals surface area contributed by atoms with E-state index in [1.807, 2.05) is 0 Å². The van der Waals surface area contributed by atoms with Crippen molar-refractivity contribution in [1.82, 2.24) is 4.98 Å². The maximum atomic E-state index is 13.0. The van der Waals surface area contributed by atoms with Gasteiger partial charge in [0.15, 0.2) is 17.3 Å². The van der Waals surface area contributed by atoms with E-state index in [9.17, 15) is 30.0 Å². The summed E-state index contributed by atoms with van der Waals surface area (Å²) >= 11 is 0. The van der Waals surface area contributed by atoms with Gasteiger partial charge in [-0.05, 0) is 29.8 Å². The number of pyridine rings is 1. The zero-order chi connectivity index (χ0) is 22.6. The highest BCUT2D eigenvalue weighted by atomic mass is 16.5. The maximum Gasteiger partial charge on any atom is 0.312 e. The van der Waals surface area contributed by atoms with Gasteiger partial charge in [-0.25, -0.2) is 0 Å². The number of aromatic hydroxyl groups is 4. The summed E-state index contributed by atoms with van der Waals surface area (Å²) in [4.78, 5) is 29.3. The van der Waals surface area contributed by atoms with E-state index in [4.69, 9.17) is 9.15 Å². The van der Waals surface area contributed by atoms with Crippen LogP contribution >= 0.6 is 0 Å². The fourth-order valence-electron chi connectivity index (χ4n) is 3.91. The highest BCUT2D eigenvalue weighted by molar-refractivity contribution is 5.94. The molecule has 0 aliphatic carbocycles. The third-order valence-corrected chi connectivity index (χ3v) is 5.39. The van der Waals surface area contributed by atoms with E-state index >= 15 is 0 Å². The van der Waals surface area contributed by atoms with E-state index in [1.165, 1.54) is 12.1 Å². The van der Waals surface area contributed by atoms with Crippen LogP contribution in [0, 0.1) is 0 Å². The lowest BCUT2D eigenvalue weighted by molar-refractivity contribution is -0.135. The minimum absolute atomic E-state index is 0.0217. The van der Waals surface area contributed by atoms with Crippen LogP contribution in [0.3, 0.4) is 0 Å². The lowest BCUT2D eigenvalue weighted by atomic mass is 9.86. The molecule has 0 bridgehead atoms. The van der Waals surface area contributed by atoms with Crippen molar-refractivity contribution >= 4 is 16.9 Å². The fourth-order valence-corrected chi connectivity index (χ4v) is 3.91. The zero-order valence-electron chi connectivity index (χ0n) is 16.3. The van der Waals surface area contributed by atoms with Gasteiger partial charge in [-0.2, -0.15) is 0 Å². The minimum Gasteiger partial charge on any atom is -0.507 e. The first-order valence-corrected chi connectivity index (χ1v) is 9.53. The van der Waals surface area contributed by atoms with Gasteiger partial charge in [-0.3, -0.25) is 14.6 Å². The van der Waals surface area contributed by atoms with Crippen molar-refractivity contribution in [3.8, 4) is 40.1 Å². The second kappa shape index (κ2) is 7.02. The number of nitrogens with zero attached hydrogens (tertiary/aromatic N) is 1. The molecule has 3 heterocycles. The molecule has 0 saturated heterocycles. The lowest BCUT2D eigenvalue weighted by Gasteiger charge is -2.25. The predicted octanol–water partition coefficient (Wildman–Crippen LogP) is 3.12. The molecule has 4 aromatic rings. The van der Waals surface area contributed by atoms with Gasteiger partial charge in [0.25, 0.3) is 0 Å². The molecule has 0 spiro atoms. The number of carbonyl (C=O) groups excluding carboxylic acids is 1. The van der Waals surface area contributed by atoms with E-state index < -0.39 is 40.3 Å². The van der Waals surface area contributed by atoms with Crippen LogP contribution in [0.4, 0.5) is 0 Å². The van der Waals surface area contributed by atoms with Crippen LogP contribution in [-0.4, -0.2) is 31.4 Å². The van der Waals surface area contributed by atoms with Gasteiger partial charge in [0, 0.05) is 35.5 Å². The normalized spacial score (nSPS) is 15.4. The quantitative estimate of drug-likeness (QED) is 0.212. The molecule has 0 amide bonds. The third-order valence-electron chi connectivity index (χ3n) is 5.39. The largest absolute Gasteiger partial charge is 0.507 e. The molecule has 0 fully saturated rings. The third kappa shape index (κ3) is 2.90. The summed E-state index contributed by atoms with van der Waals surface area (Å²) in [5.41, 5.74) is 0.131. The molecular formula is C23H15NO8. The van der Waals surface area contributed by atoms with Crippen LogP contribution in [-0.2, 0) is 4.79 Å². The molecule has 2 aromatic carbocycles. The van der Waals surface area contributed by atoms with Crippen molar-refractivity contribution in [1.29, 1.82) is 0 Å². The van der Waals surface area contributed by atoms with Crippen molar-refractivity contribution in [3.05, 3.63) is 70.1 Å². The summed E-state index contributed by atoms with van der Waals surface area (Å²) in [7, 11) is 0. The molecule has 1 aliphatic heterocycles. The SMILES string of the molecule is O=C1C[C@H](c2cccnc2)c2c(cc(O)c3c(=O)c(O)c(-c4ccc(O)c(O)c4)oc23)O1. The monoisotopic (exact) mass is 433 g/mol. The van der Waals surface area contributed by atoms with Crippen molar-refractivity contribution in [2.75, 3.05) is 0 Å². The maximum absolute atomic E-state index is 13.0. The van der Waals surface area contributed by atoms with Crippen LogP contribution in [0.25, 0.3) is 22.3 Å². The smallest absolute Gasteiger partial charge is 0.312 e. The van der Waals surface area contributed by atoms with Gasteiger partial charge < -0.3 is 29.6 Å². The summed E-state index contributed by atoms with van der Waals surface area (Å²) in [6, 6.07) is 8.23.